The van der Waals surface area contributed by atoms with Crippen molar-refractivity contribution in [2.75, 3.05) is 18.6 Å². The van der Waals surface area contributed by atoms with Crippen LogP contribution in [0.4, 0.5) is 5.69 Å². The van der Waals surface area contributed by atoms with Gasteiger partial charge in [-0.15, -0.1) is 0 Å². The van der Waals surface area contributed by atoms with Crippen molar-refractivity contribution in [1.29, 1.82) is 0 Å². The fourth-order valence-corrected chi connectivity index (χ4v) is 4.01. The molecule has 3 amide bonds. The molecule has 3 aromatic carbocycles. The number of aliphatic carboxylic acids is 1. The van der Waals surface area contributed by atoms with Crippen LogP contribution < -0.4 is 26.4 Å². The molecule has 0 saturated heterocycles. The Balaban J connectivity index is 1.97. The van der Waals surface area contributed by atoms with Crippen molar-refractivity contribution in [1.82, 2.24) is 5.32 Å². The highest BCUT2D eigenvalue weighted by molar-refractivity contribution is 6.05. The average Bonchev–Trinajstić information content (AvgIpc) is 2.89. The number of carboxylic acids is 1. The number of hydrogen-bond donors (Lipinski definition) is 4. The number of nitrogens with one attached hydrogen (secondary N) is 1. The second kappa shape index (κ2) is 12.5. The largest absolute Gasteiger partial charge is 0.496 e. The number of nitrogens with zero attached hydrogens (tertiary/aromatic N) is 1. The van der Waals surface area contributed by atoms with E-state index >= 15 is 0 Å². The molecule has 0 heterocycles. The minimum absolute atomic E-state index is 0.0845. The zero-order chi connectivity index (χ0) is 26.9. The van der Waals surface area contributed by atoms with E-state index in [1.807, 2.05) is 54.6 Å². The van der Waals surface area contributed by atoms with Crippen molar-refractivity contribution < 1.29 is 29.0 Å². The Morgan fingerprint density at radius 1 is 1.03 bits per heavy atom. The van der Waals surface area contributed by atoms with Gasteiger partial charge in [0.2, 0.25) is 17.7 Å². The quantitative estimate of drug-likeness (QED) is 0.289. The van der Waals surface area contributed by atoms with E-state index in [2.05, 4.69) is 5.32 Å². The van der Waals surface area contributed by atoms with Crippen LogP contribution in [0.3, 0.4) is 0 Å². The molecule has 3 rings (SSSR count). The van der Waals surface area contributed by atoms with Crippen LogP contribution in [0.2, 0.25) is 0 Å². The van der Waals surface area contributed by atoms with Gasteiger partial charge in [0.1, 0.15) is 11.8 Å². The number of fused-ring (bicyclic) bond motifs is 1. The zero-order valence-corrected chi connectivity index (χ0v) is 20.4. The van der Waals surface area contributed by atoms with E-state index in [4.69, 9.17) is 21.3 Å². The summed E-state index contributed by atoms with van der Waals surface area (Å²) in [6.45, 7) is -0.479. The van der Waals surface area contributed by atoms with E-state index in [0.717, 1.165) is 16.3 Å². The van der Waals surface area contributed by atoms with Gasteiger partial charge < -0.3 is 26.6 Å². The summed E-state index contributed by atoms with van der Waals surface area (Å²) in [6.07, 6.45) is -0.228. The minimum atomic E-state index is -1.10. The molecule has 0 aliphatic carbocycles. The van der Waals surface area contributed by atoms with E-state index in [0.29, 0.717) is 11.4 Å². The molecule has 10 heteroatoms. The van der Waals surface area contributed by atoms with Gasteiger partial charge in [-0.2, -0.15) is 0 Å². The Bertz CT molecular complexity index is 1280. The van der Waals surface area contributed by atoms with Gasteiger partial charge in [-0.3, -0.25) is 24.1 Å². The van der Waals surface area contributed by atoms with Crippen molar-refractivity contribution in [3.8, 4) is 5.75 Å². The monoisotopic (exact) mass is 506 g/mol. The van der Waals surface area contributed by atoms with Crippen LogP contribution in [-0.4, -0.2) is 54.5 Å². The summed E-state index contributed by atoms with van der Waals surface area (Å²) in [5, 5.41) is 12.9. The SMILES string of the molecule is COc1cc(N(C(=O)CNC(=O)[C@@H](N)CCC(=O)O)[C@@H](Cc2ccccc2)C(N)=O)cc2ccccc12. The smallest absolute Gasteiger partial charge is 0.303 e. The first-order chi connectivity index (χ1) is 17.7. The molecule has 0 bridgehead atoms. The van der Waals surface area contributed by atoms with Crippen molar-refractivity contribution in [2.45, 2.75) is 31.3 Å². The number of rotatable bonds is 12. The molecule has 0 radical (unpaired) electrons. The lowest BCUT2D eigenvalue weighted by molar-refractivity contribution is -0.137. The average molecular weight is 507 g/mol. The summed E-state index contributed by atoms with van der Waals surface area (Å²) in [4.78, 5) is 50.6. The number of methoxy groups -OCH3 is 1. The number of anilines is 1. The summed E-state index contributed by atoms with van der Waals surface area (Å²) < 4.78 is 5.54. The van der Waals surface area contributed by atoms with Crippen LogP contribution in [-0.2, 0) is 25.6 Å². The lowest BCUT2D eigenvalue weighted by atomic mass is 10.0. The number of primary amides is 1. The Morgan fingerprint density at radius 3 is 2.35 bits per heavy atom. The van der Waals surface area contributed by atoms with Gasteiger partial charge in [-0.25, -0.2) is 0 Å². The Hall–Kier alpha value is -4.44. The maximum absolute atomic E-state index is 13.5. The molecule has 0 spiro atoms. The van der Waals surface area contributed by atoms with Crippen molar-refractivity contribution >= 4 is 40.2 Å². The fraction of sp³-hybridized carbons (Fsp3) is 0.259. The first-order valence-electron chi connectivity index (χ1n) is 11.7. The lowest BCUT2D eigenvalue weighted by Gasteiger charge is -2.31. The maximum Gasteiger partial charge on any atom is 0.303 e. The van der Waals surface area contributed by atoms with Crippen molar-refractivity contribution in [3.05, 3.63) is 72.3 Å². The maximum atomic E-state index is 13.5. The van der Waals surface area contributed by atoms with Gasteiger partial charge in [-0.05, 0) is 23.4 Å². The third-order valence-electron chi connectivity index (χ3n) is 5.91. The number of benzene rings is 3. The van der Waals surface area contributed by atoms with Gasteiger partial charge in [0.05, 0.1) is 19.7 Å². The van der Waals surface area contributed by atoms with Crippen LogP contribution in [0.5, 0.6) is 5.75 Å². The van der Waals surface area contributed by atoms with E-state index in [-0.39, 0.29) is 19.3 Å². The highest BCUT2D eigenvalue weighted by atomic mass is 16.5. The molecule has 0 aliphatic rings. The predicted molar refractivity (Wildman–Crippen MR) is 139 cm³/mol. The molecule has 0 aromatic heterocycles. The first-order valence-corrected chi connectivity index (χ1v) is 11.7. The highest BCUT2D eigenvalue weighted by Gasteiger charge is 2.31. The summed E-state index contributed by atoms with van der Waals surface area (Å²) in [5.41, 5.74) is 12.7. The van der Waals surface area contributed by atoms with E-state index < -0.39 is 42.3 Å². The van der Waals surface area contributed by atoms with E-state index in [9.17, 15) is 19.2 Å². The Labute approximate surface area is 214 Å². The van der Waals surface area contributed by atoms with Crippen LogP contribution in [0.15, 0.2) is 66.7 Å². The molecular weight excluding hydrogens is 476 g/mol. The Morgan fingerprint density at radius 2 is 1.70 bits per heavy atom. The number of amides is 3. The second-order valence-corrected chi connectivity index (χ2v) is 8.50. The molecule has 194 valence electrons. The van der Waals surface area contributed by atoms with Crippen LogP contribution >= 0.6 is 0 Å². The van der Waals surface area contributed by atoms with Gasteiger partial charge in [0.25, 0.3) is 0 Å². The third kappa shape index (κ3) is 7.05. The number of ether oxygens (including phenoxy) is 1. The van der Waals surface area contributed by atoms with Gasteiger partial charge in [0, 0.05) is 30.0 Å². The fourth-order valence-electron chi connectivity index (χ4n) is 4.01. The number of nitrogens with two attached hydrogens (primary N) is 2. The predicted octanol–water partition coefficient (Wildman–Crippen LogP) is 1.59. The molecular formula is C27H30N4O6. The van der Waals surface area contributed by atoms with Crippen molar-refractivity contribution in [2.24, 2.45) is 11.5 Å². The second-order valence-electron chi connectivity index (χ2n) is 8.50. The Kier molecular flexibility index (Phi) is 9.17. The lowest BCUT2D eigenvalue weighted by Crippen LogP contribution is -2.53. The molecule has 0 fully saturated rings. The van der Waals surface area contributed by atoms with Crippen LogP contribution in [0.25, 0.3) is 10.8 Å². The topological polar surface area (TPSA) is 165 Å². The van der Waals surface area contributed by atoms with Gasteiger partial charge in [-0.1, -0.05) is 54.6 Å². The summed E-state index contributed by atoms with van der Waals surface area (Å²) >= 11 is 0. The highest BCUT2D eigenvalue weighted by Crippen LogP contribution is 2.33. The molecule has 3 aromatic rings. The standard InChI is InChI=1S/C27H30N4O6/c1-37-23-15-19(14-18-9-5-6-10-20(18)23)31(22(26(29)35)13-17-7-3-2-4-8-17)24(32)16-30-27(36)21(28)11-12-25(33)34/h2-10,14-15,21-22H,11-13,16,28H2,1H3,(H2,29,35)(H,30,36)(H,33,34)/t21-,22-/m0/s1. The molecule has 37 heavy (non-hydrogen) atoms. The zero-order valence-electron chi connectivity index (χ0n) is 20.4. The number of hydrogen-bond acceptors (Lipinski definition) is 6. The molecule has 6 N–H and O–H groups in total. The summed E-state index contributed by atoms with van der Waals surface area (Å²) in [6, 6.07) is 17.8. The van der Waals surface area contributed by atoms with E-state index in [1.165, 1.54) is 12.0 Å². The van der Waals surface area contributed by atoms with Gasteiger partial charge >= 0.3 is 5.97 Å². The van der Waals surface area contributed by atoms with Crippen molar-refractivity contribution in [3.63, 3.8) is 0 Å². The normalized spacial score (nSPS) is 12.4. The summed E-state index contributed by atoms with van der Waals surface area (Å²) in [7, 11) is 1.51. The minimum Gasteiger partial charge on any atom is -0.496 e. The molecule has 10 nitrogen and oxygen atoms in total. The number of carboxylic acid groups (broad SMARTS) is 1. The van der Waals surface area contributed by atoms with Gasteiger partial charge in [0.15, 0.2) is 0 Å². The number of carbonyl (C=O) groups is 4. The molecule has 0 unspecified atom stereocenters. The van der Waals surface area contributed by atoms with Crippen LogP contribution in [0, 0.1) is 0 Å². The first kappa shape index (κ1) is 27.2. The molecule has 0 saturated carbocycles. The van der Waals surface area contributed by atoms with E-state index in [1.54, 1.807) is 12.1 Å². The number of carbonyl (C=O) groups excluding carboxylic acids is 3. The summed E-state index contributed by atoms with van der Waals surface area (Å²) in [5.74, 6) is -2.59. The third-order valence-corrected chi connectivity index (χ3v) is 5.91. The molecule has 0 aliphatic heterocycles. The van der Waals surface area contributed by atoms with Crippen LogP contribution in [0.1, 0.15) is 18.4 Å². The molecule has 2 atom stereocenters.